The first kappa shape index (κ1) is 20.5. The molecule has 0 radical (unpaired) electrons. The molecule has 2 heterocycles. The lowest BCUT2D eigenvalue weighted by molar-refractivity contribution is -0.136. The summed E-state index contributed by atoms with van der Waals surface area (Å²) in [7, 11) is 0. The Labute approximate surface area is 174 Å². The average molecular weight is 425 g/mol. The number of rotatable bonds is 3. The van der Waals surface area contributed by atoms with Crippen LogP contribution >= 0.6 is 0 Å². The van der Waals surface area contributed by atoms with Gasteiger partial charge in [-0.15, -0.1) is 0 Å². The van der Waals surface area contributed by atoms with Gasteiger partial charge >= 0.3 is 6.18 Å². The molecule has 4 rings (SSSR count). The zero-order valence-corrected chi connectivity index (χ0v) is 16.5. The van der Waals surface area contributed by atoms with Crippen LogP contribution in [0, 0.1) is 6.92 Å². The second kappa shape index (κ2) is 7.46. The Balaban J connectivity index is 1.87. The van der Waals surface area contributed by atoms with E-state index >= 15 is 0 Å². The molecule has 31 heavy (non-hydrogen) atoms. The SMILES string of the molecule is Cc1ccc(Cn2ccc3c(c(=O)ccn3-c3ccc(N)c(C(F)(F)F)c3)c2=O)cc1. The van der Waals surface area contributed by atoms with Gasteiger partial charge in [0.2, 0.25) is 0 Å². The maximum atomic E-state index is 13.3. The predicted molar refractivity (Wildman–Crippen MR) is 114 cm³/mol. The second-order valence-corrected chi connectivity index (χ2v) is 7.31. The minimum absolute atomic E-state index is 0.0949. The highest BCUT2D eigenvalue weighted by atomic mass is 19.4. The largest absolute Gasteiger partial charge is 0.418 e. The number of pyridine rings is 2. The van der Waals surface area contributed by atoms with Gasteiger partial charge in [0.15, 0.2) is 5.43 Å². The Morgan fingerprint density at radius 3 is 2.32 bits per heavy atom. The van der Waals surface area contributed by atoms with Crippen molar-refractivity contribution in [1.29, 1.82) is 0 Å². The van der Waals surface area contributed by atoms with E-state index in [4.69, 9.17) is 5.73 Å². The van der Waals surface area contributed by atoms with Gasteiger partial charge < -0.3 is 14.9 Å². The summed E-state index contributed by atoms with van der Waals surface area (Å²) in [4.78, 5) is 25.5. The molecule has 0 amide bonds. The molecule has 0 saturated carbocycles. The molecule has 0 aliphatic heterocycles. The first-order chi connectivity index (χ1) is 14.6. The summed E-state index contributed by atoms with van der Waals surface area (Å²) in [5.74, 6) is 0. The molecule has 0 saturated heterocycles. The van der Waals surface area contributed by atoms with Crippen LogP contribution in [-0.4, -0.2) is 9.13 Å². The van der Waals surface area contributed by atoms with E-state index < -0.39 is 28.4 Å². The number of benzene rings is 2. The van der Waals surface area contributed by atoms with E-state index in [9.17, 15) is 22.8 Å². The molecule has 2 N–H and O–H groups in total. The standard InChI is InChI=1S/C23H18F3N3O2/c1-14-2-4-15(5-3-14)13-28-10-8-19-21(22(28)31)20(30)9-11-29(19)16-6-7-18(27)17(12-16)23(24,25)26/h2-12H,13,27H2,1H3. The van der Waals surface area contributed by atoms with Gasteiger partial charge in [-0.2, -0.15) is 13.2 Å². The maximum absolute atomic E-state index is 13.3. The normalized spacial score (nSPS) is 11.7. The highest BCUT2D eigenvalue weighted by molar-refractivity contribution is 5.79. The van der Waals surface area contributed by atoms with Crippen LogP contribution in [0.4, 0.5) is 18.9 Å². The van der Waals surface area contributed by atoms with Gasteiger partial charge in [0, 0.05) is 29.8 Å². The molecule has 2 aromatic carbocycles. The monoisotopic (exact) mass is 425 g/mol. The van der Waals surface area contributed by atoms with Crippen LogP contribution in [0.5, 0.6) is 0 Å². The quantitative estimate of drug-likeness (QED) is 0.502. The lowest BCUT2D eigenvalue weighted by Crippen LogP contribution is -2.25. The number of hydrogen-bond donors (Lipinski definition) is 1. The number of nitrogens with zero attached hydrogens (tertiary/aromatic N) is 2. The van der Waals surface area contributed by atoms with Crippen molar-refractivity contribution in [3.63, 3.8) is 0 Å². The predicted octanol–water partition coefficient (Wildman–Crippen LogP) is 4.11. The number of nitrogens with two attached hydrogens (primary N) is 1. The summed E-state index contributed by atoms with van der Waals surface area (Å²) in [6.45, 7) is 2.22. The van der Waals surface area contributed by atoms with Crippen LogP contribution in [0.25, 0.3) is 16.6 Å². The molecule has 0 fully saturated rings. The van der Waals surface area contributed by atoms with Crippen LogP contribution in [-0.2, 0) is 12.7 Å². The molecule has 0 bridgehead atoms. The van der Waals surface area contributed by atoms with E-state index in [-0.39, 0.29) is 23.1 Å². The molecule has 2 aromatic heterocycles. The third-order valence-corrected chi connectivity index (χ3v) is 5.12. The molecular weight excluding hydrogens is 407 g/mol. The third-order valence-electron chi connectivity index (χ3n) is 5.12. The molecule has 158 valence electrons. The van der Waals surface area contributed by atoms with Gasteiger partial charge in [0.1, 0.15) is 5.39 Å². The Bertz CT molecular complexity index is 1400. The van der Waals surface area contributed by atoms with E-state index in [1.54, 1.807) is 6.07 Å². The minimum Gasteiger partial charge on any atom is -0.398 e. The van der Waals surface area contributed by atoms with Crippen LogP contribution in [0.2, 0.25) is 0 Å². The average Bonchev–Trinajstić information content (AvgIpc) is 2.71. The van der Waals surface area contributed by atoms with Crippen molar-refractivity contribution in [2.45, 2.75) is 19.6 Å². The summed E-state index contributed by atoms with van der Waals surface area (Å²) in [6.07, 6.45) is -1.75. The summed E-state index contributed by atoms with van der Waals surface area (Å²) in [6, 6.07) is 13.8. The van der Waals surface area contributed by atoms with E-state index in [0.29, 0.717) is 0 Å². The topological polar surface area (TPSA) is 70.0 Å². The molecule has 0 aliphatic rings. The number of nitrogen functional groups attached to an aromatic ring is 1. The highest BCUT2D eigenvalue weighted by Gasteiger charge is 2.33. The Hall–Kier alpha value is -3.81. The Morgan fingerprint density at radius 2 is 1.65 bits per heavy atom. The number of hydrogen-bond acceptors (Lipinski definition) is 3. The fourth-order valence-electron chi connectivity index (χ4n) is 3.48. The number of halogens is 3. The lowest BCUT2D eigenvalue weighted by Gasteiger charge is -2.16. The summed E-state index contributed by atoms with van der Waals surface area (Å²) < 4.78 is 42.6. The van der Waals surface area contributed by atoms with Crippen molar-refractivity contribution in [2.24, 2.45) is 0 Å². The van der Waals surface area contributed by atoms with Gasteiger partial charge in [-0.3, -0.25) is 9.59 Å². The molecule has 0 aliphatic carbocycles. The molecule has 0 atom stereocenters. The molecular formula is C23H18F3N3O2. The van der Waals surface area contributed by atoms with Crippen molar-refractivity contribution < 1.29 is 13.2 Å². The van der Waals surface area contributed by atoms with E-state index in [0.717, 1.165) is 23.3 Å². The van der Waals surface area contributed by atoms with Gasteiger partial charge in [0.05, 0.1) is 17.6 Å². The lowest BCUT2D eigenvalue weighted by atomic mass is 10.1. The molecule has 0 spiro atoms. The zero-order chi connectivity index (χ0) is 22.3. The van der Waals surface area contributed by atoms with Crippen molar-refractivity contribution in [2.75, 3.05) is 5.73 Å². The van der Waals surface area contributed by atoms with Crippen molar-refractivity contribution in [3.05, 3.63) is 104 Å². The van der Waals surface area contributed by atoms with Gasteiger partial charge in [-0.05, 0) is 36.8 Å². The fraction of sp³-hybridized carbons (Fsp3) is 0.130. The Morgan fingerprint density at radius 1 is 0.935 bits per heavy atom. The second-order valence-electron chi connectivity index (χ2n) is 7.31. The number of aromatic nitrogens is 2. The first-order valence-electron chi connectivity index (χ1n) is 9.42. The summed E-state index contributed by atoms with van der Waals surface area (Å²) in [5.41, 5.74) is 5.42. The van der Waals surface area contributed by atoms with Crippen LogP contribution in [0.1, 0.15) is 16.7 Å². The van der Waals surface area contributed by atoms with Crippen LogP contribution in [0.3, 0.4) is 0 Å². The number of anilines is 1. The summed E-state index contributed by atoms with van der Waals surface area (Å²) >= 11 is 0. The van der Waals surface area contributed by atoms with Gasteiger partial charge in [-0.1, -0.05) is 29.8 Å². The molecule has 0 unspecified atom stereocenters. The third kappa shape index (κ3) is 3.84. The Kier molecular flexibility index (Phi) is 4.93. The van der Waals surface area contributed by atoms with Crippen molar-refractivity contribution in [3.8, 4) is 5.69 Å². The number of alkyl halides is 3. The van der Waals surface area contributed by atoms with E-state index in [2.05, 4.69) is 0 Å². The molecule has 4 aromatic rings. The number of aryl methyl sites for hydroxylation is 1. The number of fused-ring (bicyclic) bond motifs is 1. The van der Waals surface area contributed by atoms with Crippen molar-refractivity contribution >= 4 is 16.6 Å². The van der Waals surface area contributed by atoms with Gasteiger partial charge in [-0.25, -0.2) is 0 Å². The maximum Gasteiger partial charge on any atom is 0.418 e. The van der Waals surface area contributed by atoms with Crippen molar-refractivity contribution in [1.82, 2.24) is 9.13 Å². The summed E-state index contributed by atoms with van der Waals surface area (Å²) in [5, 5.41) is -0.0949. The van der Waals surface area contributed by atoms with Crippen LogP contribution in [0.15, 0.2) is 76.6 Å². The van der Waals surface area contributed by atoms with Gasteiger partial charge in [0.25, 0.3) is 5.56 Å². The fourth-order valence-corrected chi connectivity index (χ4v) is 3.48. The van der Waals surface area contributed by atoms with E-state index in [1.165, 1.54) is 33.7 Å². The van der Waals surface area contributed by atoms with E-state index in [1.807, 2.05) is 31.2 Å². The molecule has 5 nitrogen and oxygen atoms in total. The minimum atomic E-state index is -4.63. The highest BCUT2D eigenvalue weighted by Crippen LogP contribution is 2.35. The first-order valence-corrected chi connectivity index (χ1v) is 9.42. The molecule has 8 heteroatoms. The van der Waals surface area contributed by atoms with Crippen LogP contribution < -0.4 is 16.7 Å². The smallest absolute Gasteiger partial charge is 0.398 e. The zero-order valence-electron chi connectivity index (χ0n) is 16.5.